The minimum Gasteiger partial charge on any atom is -0.382 e. The van der Waals surface area contributed by atoms with Crippen molar-refractivity contribution < 1.29 is 0 Å². The highest BCUT2D eigenvalue weighted by Crippen LogP contribution is 2.24. The Morgan fingerprint density at radius 3 is 2.81 bits per heavy atom. The molecule has 0 amide bonds. The Kier molecular flexibility index (Phi) is 5.50. The van der Waals surface area contributed by atoms with E-state index in [1.165, 1.54) is 18.1 Å². The molecular formula is C22H18ClN7OS. The van der Waals surface area contributed by atoms with Crippen LogP contribution in [0.2, 0.25) is 5.02 Å². The van der Waals surface area contributed by atoms with E-state index in [0.717, 1.165) is 12.2 Å². The predicted molar refractivity (Wildman–Crippen MR) is 127 cm³/mol. The predicted octanol–water partition coefficient (Wildman–Crippen LogP) is 3.94. The standard InChI is InChI=1S/C22H18ClN7OS/c23-14-5-3-6-15(11-14)30-21(31)16-7-1-2-8-17(16)28-22(30)32-10-4-9-29-13-27-18-19(24)25-12-26-20(18)29/h1-3,5-8,11-13H,4,9-10H2,(H2,24,25,26). The van der Waals surface area contributed by atoms with Crippen molar-refractivity contribution in [1.29, 1.82) is 0 Å². The van der Waals surface area contributed by atoms with Crippen molar-refractivity contribution in [2.45, 2.75) is 18.1 Å². The normalized spacial score (nSPS) is 11.4. The molecule has 0 unspecified atom stereocenters. The summed E-state index contributed by atoms with van der Waals surface area (Å²) in [5.41, 5.74) is 8.42. The van der Waals surface area contributed by atoms with E-state index in [1.807, 2.05) is 34.9 Å². The van der Waals surface area contributed by atoms with Gasteiger partial charge in [0.1, 0.15) is 11.8 Å². The van der Waals surface area contributed by atoms with Crippen LogP contribution in [0.1, 0.15) is 6.42 Å². The molecule has 5 aromatic rings. The Hall–Kier alpha value is -3.43. The zero-order valence-electron chi connectivity index (χ0n) is 16.8. The van der Waals surface area contributed by atoms with Crippen LogP contribution in [0, 0.1) is 0 Å². The number of nitrogen functional groups attached to an aromatic ring is 1. The number of nitrogens with zero attached hydrogens (tertiary/aromatic N) is 6. The summed E-state index contributed by atoms with van der Waals surface area (Å²) in [6, 6.07) is 14.6. The summed E-state index contributed by atoms with van der Waals surface area (Å²) in [5.74, 6) is 1.11. The molecule has 32 heavy (non-hydrogen) atoms. The molecule has 0 fully saturated rings. The average molecular weight is 464 g/mol. The number of hydrogen-bond donors (Lipinski definition) is 1. The molecular weight excluding hydrogens is 446 g/mol. The first-order valence-electron chi connectivity index (χ1n) is 9.93. The molecule has 2 N–H and O–H groups in total. The van der Waals surface area contributed by atoms with Gasteiger partial charge in [-0.3, -0.25) is 9.36 Å². The maximum Gasteiger partial charge on any atom is 0.266 e. The van der Waals surface area contributed by atoms with Crippen molar-refractivity contribution >= 4 is 51.2 Å². The fraction of sp³-hybridized carbons (Fsp3) is 0.136. The second-order valence-electron chi connectivity index (χ2n) is 7.10. The lowest BCUT2D eigenvalue weighted by Crippen LogP contribution is -2.21. The number of hydrogen-bond acceptors (Lipinski definition) is 7. The number of nitrogens with two attached hydrogens (primary N) is 1. The van der Waals surface area contributed by atoms with E-state index in [2.05, 4.69) is 15.0 Å². The third-order valence-electron chi connectivity index (χ3n) is 5.02. The molecule has 0 saturated heterocycles. The number of fused-ring (bicyclic) bond motifs is 2. The number of aryl methyl sites for hydroxylation is 1. The number of imidazole rings is 1. The van der Waals surface area contributed by atoms with Crippen molar-refractivity contribution in [3.8, 4) is 5.69 Å². The molecule has 0 spiro atoms. The van der Waals surface area contributed by atoms with Crippen molar-refractivity contribution in [3.05, 3.63) is 76.6 Å². The molecule has 8 nitrogen and oxygen atoms in total. The molecule has 160 valence electrons. The molecule has 0 aliphatic heterocycles. The van der Waals surface area contributed by atoms with Crippen molar-refractivity contribution in [2.75, 3.05) is 11.5 Å². The monoisotopic (exact) mass is 463 g/mol. The van der Waals surface area contributed by atoms with Crippen LogP contribution in [0.15, 0.2) is 71.1 Å². The van der Waals surface area contributed by atoms with Crippen molar-refractivity contribution in [2.24, 2.45) is 0 Å². The molecule has 2 aromatic carbocycles. The molecule has 0 radical (unpaired) electrons. The largest absolute Gasteiger partial charge is 0.382 e. The first kappa shape index (κ1) is 20.5. The number of aromatic nitrogens is 6. The number of para-hydroxylation sites is 1. The Labute approximate surface area is 192 Å². The van der Waals surface area contributed by atoms with Gasteiger partial charge in [0.05, 0.1) is 22.9 Å². The van der Waals surface area contributed by atoms with Crippen molar-refractivity contribution in [3.63, 3.8) is 0 Å². The van der Waals surface area contributed by atoms with Crippen LogP contribution in [0.5, 0.6) is 0 Å². The van der Waals surface area contributed by atoms with Gasteiger partial charge in [-0.15, -0.1) is 0 Å². The summed E-state index contributed by atoms with van der Waals surface area (Å²) < 4.78 is 3.57. The fourth-order valence-electron chi connectivity index (χ4n) is 3.51. The molecule has 5 rings (SSSR count). The van der Waals surface area contributed by atoms with Gasteiger partial charge in [-0.2, -0.15) is 0 Å². The molecule has 3 heterocycles. The second-order valence-corrected chi connectivity index (χ2v) is 8.60. The van der Waals surface area contributed by atoms with Crippen LogP contribution in [0.3, 0.4) is 0 Å². The van der Waals surface area contributed by atoms with Crippen LogP contribution >= 0.6 is 23.4 Å². The van der Waals surface area contributed by atoms with E-state index < -0.39 is 0 Å². The Bertz CT molecular complexity index is 1500. The van der Waals surface area contributed by atoms with Gasteiger partial charge in [0.15, 0.2) is 16.6 Å². The number of halogens is 1. The second kappa shape index (κ2) is 8.60. The third-order valence-corrected chi connectivity index (χ3v) is 6.28. The van der Waals surface area contributed by atoms with E-state index in [-0.39, 0.29) is 5.56 Å². The Balaban J connectivity index is 1.42. The Morgan fingerprint density at radius 1 is 1.06 bits per heavy atom. The summed E-state index contributed by atoms with van der Waals surface area (Å²) >= 11 is 7.71. The number of anilines is 1. The zero-order valence-corrected chi connectivity index (χ0v) is 18.4. The molecule has 3 aromatic heterocycles. The van der Waals surface area contributed by atoms with Crippen LogP contribution in [-0.4, -0.2) is 34.8 Å². The van der Waals surface area contributed by atoms with E-state index in [0.29, 0.717) is 50.3 Å². The summed E-state index contributed by atoms with van der Waals surface area (Å²) in [5, 5.41) is 1.75. The van der Waals surface area contributed by atoms with Gasteiger partial charge in [0.2, 0.25) is 0 Å². The van der Waals surface area contributed by atoms with Crippen LogP contribution < -0.4 is 11.3 Å². The van der Waals surface area contributed by atoms with Gasteiger partial charge in [-0.25, -0.2) is 19.9 Å². The van der Waals surface area contributed by atoms with Gasteiger partial charge >= 0.3 is 0 Å². The maximum atomic E-state index is 13.3. The van der Waals surface area contributed by atoms with Gasteiger partial charge in [-0.1, -0.05) is 41.6 Å². The topological polar surface area (TPSA) is 105 Å². The van der Waals surface area contributed by atoms with E-state index in [4.69, 9.17) is 22.3 Å². The summed E-state index contributed by atoms with van der Waals surface area (Å²) in [6.07, 6.45) is 3.97. The van der Waals surface area contributed by atoms with Gasteiger partial charge in [0.25, 0.3) is 5.56 Å². The molecule has 0 atom stereocenters. The first-order chi connectivity index (χ1) is 15.6. The number of rotatable bonds is 6. The molecule has 0 aliphatic rings. The highest BCUT2D eigenvalue weighted by molar-refractivity contribution is 7.99. The van der Waals surface area contributed by atoms with E-state index in [9.17, 15) is 4.79 Å². The maximum absolute atomic E-state index is 13.3. The third kappa shape index (κ3) is 3.80. The summed E-state index contributed by atoms with van der Waals surface area (Å²) in [6.45, 7) is 0.703. The highest BCUT2D eigenvalue weighted by atomic mass is 35.5. The van der Waals surface area contributed by atoms with E-state index >= 15 is 0 Å². The SMILES string of the molecule is Nc1ncnc2c1ncn2CCCSc1nc2ccccc2c(=O)n1-c1cccc(Cl)c1. The highest BCUT2D eigenvalue weighted by Gasteiger charge is 2.14. The molecule has 0 bridgehead atoms. The van der Waals surface area contributed by atoms with Gasteiger partial charge < -0.3 is 10.3 Å². The Morgan fingerprint density at radius 2 is 1.94 bits per heavy atom. The molecule has 10 heteroatoms. The average Bonchev–Trinajstić information content (AvgIpc) is 3.21. The summed E-state index contributed by atoms with van der Waals surface area (Å²) in [7, 11) is 0. The minimum absolute atomic E-state index is 0.117. The van der Waals surface area contributed by atoms with Crippen LogP contribution in [0.4, 0.5) is 5.82 Å². The van der Waals surface area contributed by atoms with Crippen molar-refractivity contribution in [1.82, 2.24) is 29.1 Å². The first-order valence-corrected chi connectivity index (χ1v) is 11.3. The van der Waals surface area contributed by atoms with Gasteiger partial charge in [0, 0.05) is 17.3 Å². The van der Waals surface area contributed by atoms with E-state index in [1.54, 1.807) is 29.1 Å². The smallest absolute Gasteiger partial charge is 0.266 e. The minimum atomic E-state index is -0.117. The number of thioether (sulfide) groups is 1. The van der Waals surface area contributed by atoms with Crippen LogP contribution in [0.25, 0.3) is 27.8 Å². The number of benzene rings is 2. The molecule has 0 saturated carbocycles. The zero-order chi connectivity index (χ0) is 22.1. The van der Waals surface area contributed by atoms with Crippen LogP contribution in [-0.2, 0) is 6.54 Å². The molecule has 0 aliphatic carbocycles. The quantitative estimate of drug-likeness (QED) is 0.231. The van der Waals surface area contributed by atoms with Gasteiger partial charge in [-0.05, 0) is 36.8 Å². The lowest BCUT2D eigenvalue weighted by Gasteiger charge is -2.13. The lowest BCUT2D eigenvalue weighted by atomic mass is 10.2. The summed E-state index contributed by atoms with van der Waals surface area (Å²) in [4.78, 5) is 30.6. The fourth-order valence-corrected chi connectivity index (χ4v) is 4.63. The lowest BCUT2D eigenvalue weighted by molar-refractivity contribution is 0.695.